The van der Waals surface area contributed by atoms with E-state index in [1.54, 1.807) is 0 Å². The Labute approximate surface area is 160 Å². The van der Waals surface area contributed by atoms with Gasteiger partial charge >= 0.3 is 0 Å². The minimum Gasteiger partial charge on any atom is -0.337 e. The van der Waals surface area contributed by atoms with Crippen molar-refractivity contribution in [2.45, 2.75) is 37.6 Å². The molecule has 1 unspecified atom stereocenters. The maximum absolute atomic E-state index is 5.09. The molecule has 0 bridgehead atoms. The lowest BCUT2D eigenvalue weighted by Gasteiger charge is -2.40. The summed E-state index contributed by atoms with van der Waals surface area (Å²) in [4.78, 5) is 16.8. The Morgan fingerprint density at radius 3 is 2.81 bits per heavy atom. The Kier molecular flexibility index (Phi) is 4.05. The van der Waals surface area contributed by atoms with Crippen molar-refractivity contribution >= 4 is 0 Å². The summed E-state index contributed by atoms with van der Waals surface area (Å²) >= 11 is 0. The summed E-state index contributed by atoms with van der Waals surface area (Å²) in [5.74, 6) is 2.00. The van der Waals surface area contributed by atoms with Crippen LogP contribution in [-0.2, 0) is 25.4 Å². The number of hydrogen-bond donors (Lipinski definition) is 0. The largest absolute Gasteiger partial charge is 0.337 e. The van der Waals surface area contributed by atoms with E-state index in [4.69, 9.17) is 4.98 Å². The topological polar surface area (TPSA) is 46.8 Å². The van der Waals surface area contributed by atoms with E-state index in [-0.39, 0.29) is 5.41 Å². The molecule has 0 saturated carbocycles. The summed E-state index contributed by atoms with van der Waals surface area (Å²) in [5.41, 5.74) is 3.91. The van der Waals surface area contributed by atoms with Crippen LogP contribution in [0.25, 0.3) is 11.4 Å². The number of imidazole rings is 1. The van der Waals surface area contributed by atoms with Crippen molar-refractivity contribution in [3.63, 3.8) is 0 Å². The first-order valence-corrected chi connectivity index (χ1v) is 9.84. The summed E-state index contributed by atoms with van der Waals surface area (Å²) in [6.45, 7) is 3.12. The molecule has 0 N–H and O–H groups in total. The molecule has 2 aliphatic rings. The van der Waals surface area contributed by atoms with Crippen LogP contribution in [-0.4, -0.2) is 37.5 Å². The molecule has 1 aliphatic heterocycles. The standard InChI is InChI=1S/C22H25N5/c1-26-13-11-23-19(26)15-27-12-5-9-22(16-27)10-8-18-14-24-21(25-20(18)22)17-6-3-2-4-7-17/h2-4,6-7,11,13-14H,5,8-10,12,15-16H2,1H3. The summed E-state index contributed by atoms with van der Waals surface area (Å²) in [6.07, 6.45) is 10.7. The fourth-order valence-electron chi connectivity index (χ4n) is 4.78. The molecule has 138 valence electrons. The van der Waals surface area contributed by atoms with Crippen molar-refractivity contribution in [1.82, 2.24) is 24.4 Å². The third kappa shape index (κ3) is 2.96. The van der Waals surface area contributed by atoms with E-state index in [2.05, 4.69) is 56.9 Å². The predicted molar refractivity (Wildman–Crippen MR) is 105 cm³/mol. The van der Waals surface area contributed by atoms with Crippen LogP contribution in [0.3, 0.4) is 0 Å². The molecule has 5 nitrogen and oxygen atoms in total. The number of piperidine rings is 1. The number of likely N-dealkylation sites (tertiary alicyclic amines) is 1. The number of nitrogens with zero attached hydrogens (tertiary/aromatic N) is 5. The van der Waals surface area contributed by atoms with E-state index in [1.807, 2.05) is 18.5 Å². The smallest absolute Gasteiger partial charge is 0.159 e. The molecule has 2 aromatic heterocycles. The molecule has 1 aromatic carbocycles. The maximum atomic E-state index is 5.09. The molecular formula is C22H25N5. The van der Waals surface area contributed by atoms with Gasteiger partial charge in [0.1, 0.15) is 5.82 Å². The number of aromatic nitrogens is 4. The Balaban J connectivity index is 1.45. The molecule has 27 heavy (non-hydrogen) atoms. The third-order valence-electron chi connectivity index (χ3n) is 6.21. The second-order valence-corrected chi connectivity index (χ2v) is 7.98. The second kappa shape index (κ2) is 6.57. The zero-order valence-corrected chi connectivity index (χ0v) is 15.8. The minimum atomic E-state index is 0.172. The van der Waals surface area contributed by atoms with Gasteiger partial charge in [-0.25, -0.2) is 15.0 Å². The van der Waals surface area contributed by atoms with Gasteiger partial charge in [0.2, 0.25) is 0 Å². The van der Waals surface area contributed by atoms with Crippen LogP contribution in [0.1, 0.15) is 36.3 Å². The van der Waals surface area contributed by atoms with Gasteiger partial charge in [-0.15, -0.1) is 0 Å². The Bertz CT molecular complexity index is 944. The number of fused-ring (bicyclic) bond motifs is 2. The molecule has 1 fully saturated rings. The van der Waals surface area contributed by atoms with Crippen molar-refractivity contribution in [3.05, 3.63) is 66.0 Å². The highest BCUT2D eigenvalue weighted by atomic mass is 15.2. The van der Waals surface area contributed by atoms with Crippen LogP contribution in [0.5, 0.6) is 0 Å². The molecule has 5 rings (SSSR count). The fraction of sp³-hybridized carbons (Fsp3) is 0.409. The van der Waals surface area contributed by atoms with Crippen LogP contribution in [0.15, 0.2) is 48.9 Å². The van der Waals surface area contributed by atoms with Gasteiger partial charge in [-0.05, 0) is 37.8 Å². The molecule has 3 heterocycles. The van der Waals surface area contributed by atoms with Gasteiger partial charge in [-0.1, -0.05) is 30.3 Å². The second-order valence-electron chi connectivity index (χ2n) is 7.98. The van der Waals surface area contributed by atoms with Crippen LogP contribution in [0, 0.1) is 0 Å². The van der Waals surface area contributed by atoms with E-state index < -0.39 is 0 Å². The monoisotopic (exact) mass is 359 g/mol. The lowest BCUT2D eigenvalue weighted by molar-refractivity contribution is 0.133. The first-order chi connectivity index (χ1) is 13.2. The van der Waals surface area contributed by atoms with Crippen molar-refractivity contribution in [1.29, 1.82) is 0 Å². The van der Waals surface area contributed by atoms with Gasteiger partial charge in [0, 0.05) is 43.2 Å². The molecule has 1 atom stereocenters. The summed E-state index contributed by atoms with van der Waals surface area (Å²) in [7, 11) is 2.08. The van der Waals surface area contributed by atoms with Crippen LogP contribution in [0.4, 0.5) is 0 Å². The van der Waals surface area contributed by atoms with Gasteiger partial charge in [0.15, 0.2) is 5.82 Å². The molecule has 3 aromatic rings. The Morgan fingerprint density at radius 1 is 1.11 bits per heavy atom. The average molecular weight is 359 g/mol. The zero-order valence-electron chi connectivity index (χ0n) is 15.8. The van der Waals surface area contributed by atoms with Gasteiger partial charge in [0.25, 0.3) is 0 Å². The SMILES string of the molecule is Cn1ccnc1CN1CCCC2(CCc3cnc(-c4ccccc4)nc32)C1. The highest BCUT2D eigenvalue weighted by Gasteiger charge is 2.43. The van der Waals surface area contributed by atoms with Crippen molar-refractivity contribution < 1.29 is 0 Å². The van der Waals surface area contributed by atoms with Gasteiger partial charge in [-0.3, -0.25) is 4.90 Å². The lowest BCUT2D eigenvalue weighted by atomic mass is 9.77. The van der Waals surface area contributed by atoms with Crippen LogP contribution in [0.2, 0.25) is 0 Å². The van der Waals surface area contributed by atoms with Crippen molar-refractivity contribution in [2.75, 3.05) is 13.1 Å². The van der Waals surface area contributed by atoms with Gasteiger partial charge in [0.05, 0.1) is 12.2 Å². The molecule has 1 saturated heterocycles. The van der Waals surface area contributed by atoms with Crippen molar-refractivity contribution in [2.24, 2.45) is 7.05 Å². The van der Waals surface area contributed by atoms with E-state index in [9.17, 15) is 0 Å². The normalized spacial score (nSPS) is 22.3. The summed E-state index contributed by atoms with van der Waals surface area (Å²) < 4.78 is 2.12. The number of rotatable bonds is 3. The van der Waals surface area contributed by atoms with Gasteiger partial charge < -0.3 is 4.57 Å². The highest BCUT2D eigenvalue weighted by molar-refractivity contribution is 5.55. The number of benzene rings is 1. The maximum Gasteiger partial charge on any atom is 0.159 e. The molecule has 1 spiro atoms. The quantitative estimate of drug-likeness (QED) is 0.719. The van der Waals surface area contributed by atoms with E-state index >= 15 is 0 Å². The molecule has 0 amide bonds. The fourth-order valence-corrected chi connectivity index (χ4v) is 4.78. The summed E-state index contributed by atoms with van der Waals surface area (Å²) in [6, 6.07) is 10.3. The predicted octanol–water partition coefficient (Wildman–Crippen LogP) is 3.36. The Hall–Kier alpha value is -2.53. The third-order valence-corrected chi connectivity index (χ3v) is 6.21. The lowest BCUT2D eigenvalue weighted by Crippen LogP contribution is -2.45. The number of aryl methyl sites for hydroxylation is 2. The molecule has 1 aliphatic carbocycles. The average Bonchev–Trinajstić information content (AvgIpc) is 3.26. The van der Waals surface area contributed by atoms with Gasteiger partial charge in [-0.2, -0.15) is 0 Å². The first-order valence-electron chi connectivity index (χ1n) is 9.84. The first kappa shape index (κ1) is 16.6. The van der Waals surface area contributed by atoms with E-state index in [0.29, 0.717) is 0 Å². The van der Waals surface area contributed by atoms with Crippen LogP contribution >= 0.6 is 0 Å². The van der Waals surface area contributed by atoms with Crippen molar-refractivity contribution in [3.8, 4) is 11.4 Å². The minimum absolute atomic E-state index is 0.172. The molecule has 5 heteroatoms. The van der Waals surface area contributed by atoms with Crippen LogP contribution < -0.4 is 0 Å². The molecule has 0 radical (unpaired) electrons. The Morgan fingerprint density at radius 2 is 2.00 bits per heavy atom. The van der Waals surface area contributed by atoms with E-state index in [1.165, 1.54) is 30.5 Å². The summed E-state index contributed by atoms with van der Waals surface area (Å²) in [5, 5.41) is 0. The zero-order chi connectivity index (χ0) is 18.3. The number of hydrogen-bond acceptors (Lipinski definition) is 4. The highest BCUT2D eigenvalue weighted by Crippen LogP contribution is 2.44. The molecular weight excluding hydrogens is 334 g/mol. The van der Waals surface area contributed by atoms with E-state index in [0.717, 1.165) is 43.3 Å².